The van der Waals surface area contributed by atoms with E-state index in [9.17, 15) is 26.7 Å². The lowest BCUT2D eigenvalue weighted by molar-refractivity contribution is -0.189. The predicted molar refractivity (Wildman–Crippen MR) is 74.6 cm³/mol. The predicted octanol–water partition coefficient (Wildman–Crippen LogP) is 3.54. The first kappa shape index (κ1) is 17.5. The Bertz CT molecular complexity index is 951. The molecule has 2 aromatic heterocycles. The lowest BCUT2D eigenvalue weighted by Crippen LogP contribution is -2.28. The first-order valence-electron chi connectivity index (χ1n) is 6.78. The maximum Gasteiger partial charge on any atom is 0.491 e. The van der Waals surface area contributed by atoms with Gasteiger partial charge in [0.25, 0.3) is 5.89 Å². The Balaban J connectivity index is 1.96. The lowest BCUT2D eigenvalue weighted by Gasteiger charge is -2.07. The maximum atomic E-state index is 13.3. The van der Waals surface area contributed by atoms with Crippen LogP contribution in [0.5, 0.6) is 5.88 Å². The summed E-state index contributed by atoms with van der Waals surface area (Å²) in [6.45, 7) is 0. The van der Waals surface area contributed by atoms with E-state index in [1.165, 1.54) is 12.1 Å². The van der Waals surface area contributed by atoms with Crippen LogP contribution in [0.4, 0.5) is 22.0 Å². The van der Waals surface area contributed by atoms with E-state index in [2.05, 4.69) is 19.9 Å². The van der Waals surface area contributed by atoms with Crippen LogP contribution < -0.4 is 4.74 Å². The number of rotatable bonds is 3. The Labute approximate surface area is 141 Å². The zero-order valence-electron chi connectivity index (χ0n) is 12.4. The highest BCUT2D eigenvalue weighted by atomic mass is 19.4. The van der Waals surface area contributed by atoms with Crippen LogP contribution in [0.1, 0.15) is 0 Å². The zero-order valence-corrected chi connectivity index (χ0v) is 12.4. The molecule has 0 N–H and O–H groups in total. The number of hydrogen-bond donors (Lipinski definition) is 0. The van der Waals surface area contributed by atoms with Crippen molar-refractivity contribution >= 4 is 5.97 Å². The van der Waals surface area contributed by atoms with Crippen LogP contribution in [0, 0.1) is 11.6 Å². The van der Waals surface area contributed by atoms with Gasteiger partial charge in [-0.15, -0.1) is 10.2 Å². The van der Waals surface area contributed by atoms with Gasteiger partial charge < -0.3 is 9.15 Å². The summed E-state index contributed by atoms with van der Waals surface area (Å²) in [6, 6.07) is 5.03. The van der Waals surface area contributed by atoms with E-state index < -0.39 is 29.7 Å². The van der Waals surface area contributed by atoms with E-state index in [1.54, 1.807) is 0 Å². The Morgan fingerprint density at radius 2 is 1.69 bits per heavy atom. The molecule has 0 spiro atoms. The fraction of sp³-hybridized carbons (Fsp3) is 0.0667. The van der Waals surface area contributed by atoms with Crippen molar-refractivity contribution in [1.29, 1.82) is 0 Å². The molecule has 0 aliphatic rings. The molecule has 3 aromatic rings. The summed E-state index contributed by atoms with van der Waals surface area (Å²) in [4.78, 5) is 14.5. The molecule has 134 valence electrons. The summed E-state index contributed by atoms with van der Waals surface area (Å²) in [6.07, 6.45) is -4.14. The van der Waals surface area contributed by atoms with Crippen molar-refractivity contribution in [2.24, 2.45) is 0 Å². The Hall–Kier alpha value is -3.37. The van der Waals surface area contributed by atoms with Gasteiger partial charge in [0.05, 0.1) is 0 Å². The number of alkyl halides is 3. The number of esters is 1. The summed E-state index contributed by atoms with van der Waals surface area (Å²) < 4.78 is 73.0. The average molecular weight is 371 g/mol. The molecule has 26 heavy (non-hydrogen) atoms. The van der Waals surface area contributed by atoms with Crippen LogP contribution in [0.15, 0.2) is 40.9 Å². The molecule has 1 aromatic carbocycles. The van der Waals surface area contributed by atoms with Gasteiger partial charge in [0.2, 0.25) is 11.8 Å². The number of carbonyl (C=O) groups is 1. The molecule has 0 aliphatic heterocycles. The number of nitrogens with zero attached hydrogens (tertiary/aromatic N) is 3. The minimum atomic E-state index is -5.23. The topological polar surface area (TPSA) is 78.1 Å². The molecule has 0 unspecified atom stereocenters. The standard InChI is InChI=1S/C15H6F5N3O3/c16-8-4-7(5-9(17)6-8)11-22-23-13(25-11)10-2-1-3-21-12(10)26-14(24)15(18,19)20/h1-6H. The van der Waals surface area contributed by atoms with E-state index in [-0.39, 0.29) is 22.9 Å². The Morgan fingerprint density at radius 3 is 2.35 bits per heavy atom. The van der Waals surface area contributed by atoms with Gasteiger partial charge >= 0.3 is 12.1 Å². The minimum Gasteiger partial charge on any atom is -0.416 e. The van der Waals surface area contributed by atoms with Crippen LogP contribution in [0.2, 0.25) is 0 Å². The molecule has 0 aliphatic carbocycles. The summed E-state index contributed by atoms with van der Waals surface area (Å²) in [5.74, 6) is -5.63. The summed E-state index contributed by atoms with van der Waals surface area (Å²) in [7, 11) is 0. The number of ether oxygens (including phenoxy) is 1. The van der Waals surface area contributed by atoms with E-state index in [1.807, 2.05) is 0 Å². The van der Waals surface area contributed by atoms with Crippen molar-refractivity contribution < 1.29 is 35.9 Å². The van der Waals surface area contributed by atoms with Gasteiger partial charge in [-0.3, -0.25) is 0 Å². The molecule has 0 radical (unpaired) electrons. The van der Waals surface area contributed by atoms with Gasteiger partial charge in [0.15, 0.2) is 0 Å². The van der Waals surface area contributed by atoms with Crippen molar-refractivity contribution in [1.82, 2.24) is 15.2 Å². The minimum absolute atomic E-state index is 0.0843. The number of benzene rings is 1. The van der Waals surface area contributed by atoms with E-state index >= 15 is 0 Å². The van der Waals surface area contributed by atoms with Crippen LogP contribution in [0.3, 0.4) is 0 Å². The monoisotopic (exact) mass is 371 g/mol. The molecule has 0 amide bonds. The van der Waals surface area contributed by atoms with E-state index in [0.29, 0.717) is 6.07 Å². The summed E-state index contributed by atoms with van der Waals surface area (Å²) in [5, 5.41) is 7.15. The quantitative estimate of drug-likeness (QED) is 0.518. The van der Waals surface area contributed by atoms with Gasteiger partial charge in [-0.25, -0.2) is 18.6 Å². The zero-order chi connectivity index (χ0) is 18.9. The number of aromatic nitrogens is 3. The molecular weight excluding hydrogens is 365 g/mol. The van der Waals surface area contributed by atoms with E-state index in [0.717, 1.165) is 18.3 Å². The second kappa shape index (κ2) is 6.50. The molecule has 0 saturated heterocycles. The van der Waals surface area contributed by atoms with Crippen molar-refractivity contribution in [2.45, 2.75) is 6.18 Å². The van der Waals surface area contributed by atoms with Gasteiger partial charge in [-0.2, -0.15) is 13.2 Å². The smallest absolute Gasteiger partial charge is 0.416 e. The molecule has 0 fully saturated rings. The second-order valence-electron chi connectivity index (χ2n) is 4.81. The van der Waals surface area contributed by atoms with Gasteiger partial charge in [-0.05, 0) is 24.3 Å². The van der Waals surface area contributed by atoms with Crippen molar-refractivity contribution in [3.63, 3.8) is 0 Å². The van der Waals surface area contributed by atoms with Crippen LogP contribution >= 0.6 is 0 Å². The van der Waals surface area contributed by atoms with Gasteiger partial charge in [0, 0.05) is 17.8 Å². The van der Waals surface area contributed by atoms with E-state index in [4.69, 9.17) is 4.42 Å². The molecule has 6 nitrogen and oxygen atoms in total. The molecule has 0 saturated carbocycles. The van der Waals surface area contributed by atoms with Gasteiger partial charge in [0.1, 0.15) is 17.2 Å². The molecule has 2 heterocycles. The number of halogens is 5. The molecule has 11 heteroatoms. The first-order valence-corrected chi connectivity index (χ1v) is 6.78. The third kappa shape index (κ3) is 3.66. The SMILES string of the molecule is O=C(Oc1ncccc1-c1nnc(-c2cc(F)cc(F)c2)o1)C(F)(F)F. The largest absolute Gasteiger partial charge is 0.491 e. The fourth-order valence-electron chi connectivity index (χ4n) is 1.91. The number of pyridine rings is 1. The average Bonchev–Trinajstić information content (AvgIpc) is 3.03. The van der Waals surface area contributed by atoms with Crippen molar-refractivity contribution in [2.75, 3.05) is 0 Å². The molecule has 0 atom stereocenters. The number of hydrogen-bond acceptors (Lipinski definition) is 6. The third-order valence-corrected chi connectivity index (χ3v) is 2.96. The van der Waals surface area contributed by atoms with Crippen LogP contribution in [0.25, 0.3) is 22.9 Å². The molecular formula is C15H6F5N3O3. The van der Waals surface area contributed by atoms with Crippen LogP contribution in [-0.4, -0.2) is 27.3 Å². The Morgan fingerprint density at radius 1 is 1.04 bits per heavy atom. The van der Waals surface area contributed by atoms with Crippen molar-refractivity contribution in [3.8, 4) is 28.8 Å². The second-order valence-corrected chi connectivity index (χ2v) is 4.81. The normalized spacial score (nSPS) is 11.4. The van der Waals surface area contributed by atoms with Gasteiger partial charge in [-0.1, -0.05) is 0 Å². The third-order valence-electron chi connectivity index (χ3n) is 2.96. The highest BCUT2D eigenvalue weighted by Crippen LogP contribution is 2.31. The fourth-order valence-corrected chi connectivity index (χ4v) is 1.91. The Kier molecular flexibility index (Phi) is 4.36. The maximum absolute atomic E-state index is 13.3. The highest BCUT2D eigenvalue weighted by Gasteiger charge is 2.42. The molecule has 0 bridgehead atoms. The summed E-state index contributed by atoms with van der Waals surface area (Å²) in [5.41, 5.74) is -0.292. The van der Waals surface area contributed by atoms with Crippen LogP contribution in [-0.2, 0) is 4.79 Å². The first-order chi connectivity index (χ1) is 12.2. The number of carbonyl (C=O) groups excluding carboxylic acids is 1. The molecule has 3 rings (SSSR count). The summed E-state index contributed by atoms with van der Waals surface area (Å²) >= 11 is 0. The highest BCUT2D eigenvalue weighted by molar-refractivity contribution is 5.79. The lowest BCUT2D eigenvalue weighted by atomic mass is 10.2. The van der Waals surface area contributed by atoms with Crippen molar-refractivity contribution in [3.05, 3.63) is 48.2 Å².